The van der Waals surface area contributed by atoms with E-state index in [0.29, 0.717) is 5.65 Å². The van der Waals surface area contributed by atoms with E-state index in [4.69, 9.17) is 0 Å². The number of aromatic nitrogens is 4. The van der Waals surface area contributed by atoms with Crippen LogP contribution in [0.1, 0.15) is 41.3 Å². The highest BCUT2D eigenvalue weighted by molar-refractivity contribution is 7.19. The molecule has 1 aliphatic carbocycles. The maximum Gasteiger partial charge on any atom is 0.293 e. The Kier molecular flexibility index (Phi) is 4.37. The van der Waals surface area contributed by atoms with Crippen molar-refractivity contribution in [2.75, 3.05) is 13.1 Å². The van der Waals surface area contributed by atoms with Gasteiger partial charge in [-0.25, -0.2) is 14.5 Å². The van der Waals surface area contributed by atoms with Gasteiger partial charge in [0.25, 0.3) is 5.91 Å². The summed E-state index contributed by atoms with van der Waals surface area (Å²) in [5.41, 5.74) is 1.92. The van der Waals surface area contributed by atoms with Crippen LogP contribution in [-0.2, 0) is 12.8 Å². The molecule has 1 amide bonds. The topological polar surface area (TPSA) is 104 Å². The summed E-state index contributed by atoms with van der Waals surface area (Å²) in [4.78, 5) is 25.5. The van der Waals surface area contributed by atoms with Crippen LogP contribution >= 0.6 is 11.3 Å². The van der Waals surface area contributed by atoms with Crippen molar-refractivity contribution in [2.24, 2.45) is 0 Å². The van der Waals surface area contributed by atoms with Gasteiger partial charge in [-0.3, -0.25) is 4.79 Å². The van der Waals surface area contributed by atoms with E-state index in [-0.39, 0.29) is 18.9 Å². The van der Waals surface area contributed by atoms with E-state index >= 15 is 0 Å². The lowest BCUT2D eigenvalue weighted by Crippen LogP contribution is -2.41. The molecule has 0 saturated heterocycles. The van der Waals surface area contributed by atoms with Gasteiger partial charge < -0.3 is 15.1 Å². The Balaban J connectivity index is 1.76. The smallest absolute Gasteiger partial charge is 0.293 e. The molecule has 2 atom stereocenters. The lowest BCUT2D eigenvalue weighted by molar-refractivity contribution is 0.0507. The van der Waals surface area contributed by atoms with Crippen molar-refractivity contribution in [1.29, 1.82) is 0 Å². The zero-order chi connectivity index (χ0) is 18.4. The Hall–Kier alpha value is -2.10. The quantitative estimate of drug-likeness (QED) is 0.690. The van der Waals surface area contributed by atoms with Gasteiger partial charge in [-0.2, -0.15) is 0 Å². The normalized spacial score (nSPS) is 16.2. The molecular formula is C17H21N5O3S. The third-order valence-corrected chi connectivity index (χ3v) is 5.69. The standard InChI is InChI=1S/C17H21N5O3S/c1-9(23)6-21(7-10(2)24)17(25)14-19-15-13-11-4-3-5-12(11)26-16(13)18-8-22(15)20-14/h8-10,23-24H,3-7H2,1-2H3/t9-,10-/m1/s1. The van der Waals surface area contributed by atoms with Gasteiger partial charge in [0, 0.05) is 18.0 Å². The maximum atomic E-state index is 12.8. The molecule has 3 aromatic heterocycles. The predicted molar refractivity (Wildman–Crippen MR) is 97.5 cm³/mol. The molecule has 2 N–H and O–H groups in total. The van der Waals surface area contributed by atoms with Gasteiger partial charge in [0.05, 0.1) is 17.6 Å². The SMILES string of the molecule is C[C@@H](O)CN(C[C@@H](C)O)C(=O)c1nc2c3c4c(sc3ncn2n1)CCC4. The molecule has 8 nitrogen and oxygen atoms in total. The summed E-state index contributed by atoms with van der Waals surface area (Å²) >= 11 is 1.69. The van der Waals surface area contributed by atoms with Crippen molar-refractivity contribution in [3.8, 4) is 0 Å². The number of aliphatic hydroxyl groups is 2. The van der Waals surface area contributed by atoms with Gasteiger partial charge in [0.15, 0.2) is 5.65 Å². The number of nitrogens with zero attached hydrogens (tertiary/aromatic N) is 5. The molecule has 1 aliphatic rings. The monoisotopic (exact) mass is 375 g/mol. The average Bonchev–Trinajstić information content (AvgIpc) is 3.24. The minimum atomic E-state index is -0.705. The molecule has 26 heavy (non-hydrogen) atoms. The first-order valence-electron chi connectivity index (χ1n) is 8.75. The number of hydrogen-bond donors (Lipinski definition) is 2. The summed E-state index contributed by atoms with van der Waals surface area (Å²) in [6.07, 6.45) is 3.38. The molecule has 3 aromatic rings. The molecule has 9 heteroatoms. The van der Waals surface area contributed by atoms with E-state index in [1.54, 1.807) is 36.0 Å². The van der Waals surface area contributed by atoms with Crippen molar-refractivity contribution in [2.45, 2.75) is 45.3 Å². The van der Waals surface area contributed by atoms with Crippen molar-refractivity contribution < 1.29 is 15.0 Å². The first kappa shape index (κ1) is 17.3. The Bertz CT molecular complexity index is 968. The van der Waals surface area contributed by atoms with Crippen LogP contribution in [0.25, 0.3) is 15.9 Å². The Morgan fingerprint density at radius 2 is 2.04 bits per heavy atom. The van der Waals surface area contributed by atoms with E-state index in [1.165, 1.54) is 15.3 Å². The fourth-order valence-corrected chi connectivity index (χ4v) is 4.73. The van der Waals surface area contributed by atoms with Crippen LogP contribution in [0.5, 0.6) is 0 Å². The van der Waals surface area contributed by atoms with Gasteiger partial charge in [-0.1, -0.05) is 0 Å². The molecule has 0 aliphatic heterocycles. The van der Waals surface area contributed by atoms with Crippen LogP contribution in [0.3, 0.4) is 0 Å². The molecule has 3 heterocycles. The molecule has 4 rings (SSSR count). The molecule has 0 fully saturated rings. The van der Waals surface area contributed by atoms with Gasteiger partial charge in [-0.15, -0.1) is 16.4 Å². The fourth-order valence-electron chi connectivity index (χ4n) is 3.50. The highest BCUT2D eigenvalue weighted by atomic mass is 32.1. The van der Waals surface area contributed by atoms with Crippen molar-refractivity contribution in [3.05, 3.63) is 22.6 Å². The highest BCUT2D eigenvalue weighted by Gasteiger charge is 2.26. The molecule has 0 radical (unpaired) electrons. The zero-order valence-corrected chi connectivity index (χ0v) is 15.5. The van der Waals surface area contributed by atoms with Gasteiger partial charge in [0.1, 0.15) is 11.2 Å². The fraction of sp³-hybridized carbons (Fsp3) is 0.529. The van der Waals surface area contributed by atoms with E-state index < -0.39 is 18.1 Å². The molecule has 138 valence electrons. The lowest BCUT2D eigenvalue weighted by Gasteiger charge is -2.23. The molecular weight excluding hydrogens is 354 g/mol. The second-order valence-corrected chi connectivity index (χ2v) is 7.98. The summed E-state index contributed by atoms with van der Waals surface area (Å²) < 4.78 is 1.55. The number of carbonyl (C=O) groups excluding carboxylic acids is 1. The summed E-state index contributed by atoms with van der Waals surface area (Å²) in [5, 5.41) is 24.6. The minimum Gasteiger partial charge on any atom is -0.392 e. The number of hydrogen-bond acceptors (Lipinski definition) is 7. The molecule has 0 unspecified atom stereocenters. The van der Waals surface area contributed by atoms with Gasteiger partial charge in [0.2, 0.25) is 5.82 Å². The Morgan fingerprint density at radius 1 is 1.31 bits per heavy atom. The summed E-state index contributed by atoms with van der Waals surface area (Å²) in [5.74, 6) is -0.353. The van der Waals surface area contributed by atoms with Crippen molar-refractivity contribution in [3.63, 3.8) is 0 Å². The van der Waals surface area contributed by atoms with E-state index in [2.05, 4.69) is 15.1 Å². The molecule has 0 bridgehead atoms. The van der Waals surface area contributed by atoms with Crippen LogP contribution < -0.4 is 0 Å². The number of fused-ring (bicyclic) bond motifs is 5. The summed E-state index contributed by atoms with van der Waals surface area (Å²) in [6, 6.07) is 0. The largest absolute Gasteiger partial charge is 0.392 e. The second-order valence-electron chi connectivity index (χ2n) is 6.89. The lowest BCUT2D eigenvalue weighted by atomic mass is 10.2. The third kappa shape index (κ3) is 2.95. The Morgan fingerprint density at radius 3 is 2.73 bits per heavy atom. The first-order valence-corrected chi connectivity index (χ1v) is 9.56. The van der Waals surface area contributed by atoms with Gasteiger partial charge in [-0.05, 0) is 38.7 Å². The van der Waals surface area contributed by atoms with Crippen LogP contribution in [0, 0.1) is 0 Å². The van der Waals surface area contributed by atoms with Crippen LogP contribution in [0.4, 0.5) is 0 Å². The second kappa shape index (κ2) is 6.57. The Labute approximate surface area is 154 Å². The number of amides is 1. The summed E-state index contributed by atoms with van der Waals surface area (Å²) in [7, 11) is 0. The minimum absolute atomic E-state index is 0.0542. The van der Waals surface area contributed by atoms with E-state index in [9.17, 15) is 15.0 Å². The number of thiophene rings is 1. The summed E-state index contributed by atoms with van der Waals surface area (Å²) in [6.45, 7) is 3.42. The van der Waals surface area contributed by atoms with E-state index in [1.807, 2.05) is 0 Å². The van der Waals surface area contributed by atoms with Gasteiger partial charge >= 0.3 is 0 Å². The highest BCUT2D eigenvalue weighted by Crippen LogP contribution is 2.37. The van der Waals surface area contributed by atoms with Crippen LogP contribution in [-0.4, -0.2) is 65.9 Å². The third-order valence-electron chi connectivity index (χ3n) is 4.49. The zero-order valence-electron chi connectivity index (χ0n) is 14.7. The van der Waals surface area contributed by atoms with Crippen molar-refractivity contribution >= 4 is 33.1 Å². The predicted octanol–water partition coefficient (Wildman–Crippen LogP) is 1.03. The number of aryl methyl sites for hydroxylation is 2. The number of rotatable bonds is 5. The number of carbonyl (C=O) groups is 1. The average molecular weight is 375 g/mol. The molecule has 0 spiro atoms. The van der Waals surface area contributed by atoms with Crippen LogP contribution in [0.2, 0.25) is 0 Å². The maximum absolute atomic E-state index is 12.8. The first-order chi connectivity index (χ1) is 12.4. The van der Waals surface area contributed by atoms with Crippen LogP contribution in [0.15, 0.2) is 6.33 Å². The molecule has 0 aromatic carbocycles. The molecule has 0 saturated carbocycles. The van der Waals surface area contributed by atoms with E-state index in [0.717, 1.165) is 29.5 Å². The van der Waals surface area contributed by atoms with Crippen molar-refractivity contribution in [1.82, 2.24) is 24.5 Å². The number of aliphatic hydroxyl groups excluding tert-OH is 2.